The highest BCUT2D eigenvalue weighted by Crippen LogP contribution is 2.65. The molecule has 0 aromatic heterocycles. The van der Waals surface area contributed by atoms with Crippen molar-refractivity contribution in [3.8, 4) is 0 Å². The van der Waals surface area contributed by atoms with Gasteiger partial charge in [0, 0.05) is 55.4 Å². The van der Waals surface area contributed by atoms with Gasteiger partial charge in [0.05, 0.1) is 0 Å². The van der Waals surface area contributed by atoms with Crippen LogP contribution in [0.25, 0.3) is 0 Å². The first-order chi connectivity index (χ1) is 10.5. The first-order valence-electron chi connectivity index (χ1n) is 8.86. The van der Waals surface area contributed by atoms with Crippen molar-refractivity contribution in [2.45, 2.75) is 79.6 Å². The summed E-state index contributed by atoms with van der Waals surface area (Å²) in [6.07, 6.45) is 0. The Balaban J connectivity index is 4.22. The molecule has 0 heterocycles. The molecule has 0 aromatic rings. The predicted molar refractivity (Wildman–Crippen MR) is 112 cm³/mol. The van der Waals surface area contributed by atoms with Crippen LogP contribution >= 0.6 is 28.3 Å². The Bertz CT molecular complexity index is 317. The fourth-order valence-electron chi connectivity index (χ4n) is 2.89. The second kappa shape index (κ2) is 11.5. The van der Waals surface area contributed by atoms with Gasteiger partial charge in [-0.3, -0.25) is 9.80 Å². The summed E-state index contributed by atoms with van der Waals surface area (Å²) in [7, 11) is 0. The van der Waals surface area contributed by atoms with Crippen LogP contribution in [0.4, 0.5) is 0 Å². The molecule has 0 amide bonds. The van der Waals surface area contributed by atoms with Crippen molar-refractivity contribution in [2.24, 2.45) is 0 Å². The summed E-state index contributed by atoms with van der Waals surface area (Å²) in [6.45, 7) is 21.8. The van der Waals surface area contributed by atoms with E-state index in [1.165, 1.54) is 0 Å². The predicted octanol–water partition coefficient (Wildman–Crippen LogP) is 5.51. The van der Waals surface area contributed by atoms with Crippen LogP contribution in [0.5, 0.6) is 0 Å². The summed E-state index contributed by atoms with van der Waals surface area (Å²) < 4.78 is 12.7. The fourth-order valence-corrected chi connectivity index (χ4v) is 8.93. The van der Waals surface area contributed by atoms with Crippen LogP contribution in [-0.4, -0.2) is 65.2 Å². The van der Waals surface area contributed by atoms with E-state index in [9.17, 15) is 4.57 Å². The highest BCUT2D eigenvalue weighted by atomic mass is 33.1. The van der Waals surface area contributed by atoms with Gasteiger partial charge in [-0.15, -0.1) is 0 Å². The van der Waals surface area contributed by atoms with E-state index in [2.05, 4.69) is 65.2 Å². The first kappa shape index (κ1) is 23.9. The monoisotopic (exact) mass is 382 g/mol. The van der Waals surface area contributed by atoms with Gasteiger partial charge in [0.15, 0.2) is 5.55 Å². The molecule has 0 bridgehead atoms. The quantitative estimate of drug-likeness (QED) is 0.414. The van der Waals surface area contributed by atoms with Gasteiger partial charge in [-0.2, -0.15) is 0 Å². The molecule has 23 heavy (non-hydrogen) atoms. The zero-order valence-electron chi connectivity index (χ0n) is 16.7. The summed E-state index contributed by atoms with van der Waals surface area (Å²) in [4.78, 5) is 4.94. The molecule has 0 aliphatic carbocycles. The lowest BCUT2D eigenvalue weighted by atomic mass is 10.2. The zero-order chi connectivity index (χ0) is 18.2. The molecule has 0 radical (unpaired) electrons. The lowest BCUT2D eigenvalue weighted by molar-refractivity contribution is 0.187. The Hall–Kier alpha value is 0.850. The van der Waals surface area contributed by atoms with Gasteiger partial charge in [0.25, 0.3) is 0 Å². The third kappa shape index (κ3) is 10.4. The van der Waals surface area contributed by atoms with E-state index in [0.717, 1.165) is 24.6 Å². The lowest BCUT2D eigenvalue weighted by Crippen LogP contribution is -2.38. The molecular weight excluding hydrogens is 343 g/mol. The summed E-state index contributed by atoms with van der Waals surface area (Å²) in [6, 6.07) is 2.19. The molecule has 0 aliphatic heterocycles. The van der Waals surface area contributed by atoms with E-state index >= 15 is 0 Å². The molecule has 0 saturated carbocycles. The molecule has 0 fully saturated rings. The van der Waals surface area contributed by atoms with Crippen LogP contribution in [0.2, 0.25) is 0 Å². The zero-order valence-corrected chi connectivity index (χ0v) is 19.2. The maximum Gasteiger partial charge on any atom is 0.188 e. The number of nitrogens with zero attached hydrogens (tertiary/aromatic N) is 2. The summed E-state index contributed by atoms with van der Waals surface area (Å²) in [5.74, 6) is 1.91. The van der Waals surface area contributed by atoms with Crippen molar-refractivity contribution < 1.29 is 4.57 Å². The van der Waals surface area contributed by atoms with Crippen molar-refractivity contribution in [1.82, 2.24) is 9.80 Å². The number of hydrogen-bond donors (Lipinski definition) is 0. The second-order valence-corrected chi connectivity index (χ2v) is 16.6. The van der Waals surface area contributed by atoms with Crippen molar-refractivity contribution in [3.63, 3.8) is 0 Å². The van der Waals surface area contributed by atoms with Gasteiger partial charge in [0.1, 0.15) is 0 Å². The molecule has 0 aromatic carbocycles. The Morgan fingerprint density at radius 3 is 1.17 bits per heavy atom. The smallest absolute Gasteiger partial charge is 0.188 e. The van der Waals surface area contributed by atoms with Gasteiger partial charge in [-0.25, -0.2) is 0 Å². The van der Waals surface area contributed by atoms with Gasteiger partial charge in [0.2, 0.25) is 0 Å². The molecule has 0 unspecified atom stereocenters. The molecule has 140 valence electrons. The summed E-state index contributed by atoms with van der Waals surface area (Å²) in [5, 5.41) is 0. The minimum absolute atomic E-state index is 0.546. The minimum atomic E-state index is -2.15. The van der Waals surface area contributed by atoms with Crippen LogP contribution in [0, 0.1) is 0 Å². The summed E-state index contributed by atoms with van der Waals surface area (Å²) in [5.41, 5.74) is -2.15. The van der Waals surface area contributed by atoms with Crippen molar-refractivity contribution in [2.75, 3.05) is 31.3 Å². The maximum absolute atomic E-state index is 12.7. The molecular formula is C17H39N2OPS2. The topological polar surface area (TPSA) is 23.6 Å². The standard InChI is InChI=1S/C17H39N2OPS2/c1-14(2)18(15(3)4)10-12-22-21(9,20)23-13-11-19(16(5)6)17(7)8/h14-17H,10-13H2,1-9H3. The van der Waals surface area contributed by atoms with E-state index < -0.39 is 5.55 Å². The average molecular weight is 383 g/mol. The second-order valence-electron chi connectivity index (χ2n) is 7.29. The largest absolute Gasteiger partial charge is 0.301 e. The van der Waals surface area contributed by atoms with Crippen LogP contribution in [-0.2, 0) is 4.57 Å². The van der Waals surface area contributed by atoms with Crippen molar-refractivity contribution >= 4 is 28.3 Å². The number of rotatable bonds is 12. The van der Waals surface area contributed by atoms with E-state index in [1.54, 1.807) is 22.8 Å². The van der Waals surface area contributed by atoms with E-state index in [1.807, 2.05) is 6.66 Å². The van der Waals surface area contributed by atoms with Crippen LogP contribution in [0.1, 0.15) is 55.4 Å². The minimum Gasteiger partial charge on any atom is -0.301 e. The maximum atomic E-state index is 12.7. The first-order valence-corrected chi connectivity index (χ1v) is 14.2. The third-order valence-electron chi connectivity index (χ3n) is 4.00. The Labute approximate surface area is 153 Å². The molecule has 0 saturated heterocycles. The van der Waals surface area contributed by atoms with E-state index in [-0.39, 0.29) is 0 Å². The van der Waals surface area contributed by atoms with Crippen LogP contribution in [0.15, 0.2) is 0 Å². The van der Waals surface area contributed by atoms with Crippen molar-refractivity contribution in [3.05, 3.63) is 0 Å². The molecule has 3 nitrogen and oxygen atoms in total. The fraction of sp³-hybridized carbons (Fsp3) is 1.00. The third-order valence-corrected chi connectivity index (χ3v) is 11.5. The van der Waals surface area contributed by atoms with E-state index in [4.69, 9.17) is 0 Å². The lowest BCUT2D eigenvalue weighted by Gasteiger charge is -2.31. The highest BCUT2D eigenvalue weighted by Gasteiger charge is 2.20. The Morgan fingerprint density at radius 1 is 0.696 bits per heavy atom. The molecule has 0 atom stereocenters. The molecule has 0 spiro atoms. The number of hydrogen-bond acceptors (Lipinski definition) is 5. The van der Waals surface area contributed by atoms with E-state index in [0.29, 0.717) is 24.2 Å². The highest BCUT2D eigenvalue weighted by molar-refractivity contribution is 8.90. The molecule has 0 N–H and O–H groups in total. The van der Waals surface area contributed by atoms with Gasteiger partial charge >= 0.3 is 0 Å². The molecule has 6 heteroatoms. The van der Waals surface area contributed by atoms with Gasteiger partial charge in [-0.1, -0.05) is 22.8 Å². The van der Waals surface area contributed by atoms with Gasteiger partial charge in [-0.05, 0) is 55.4 Å². The van der Waals surface area contributed by atoms with Crippen molar-refractivity contribution in [1.29, 1.82) is 0 Å². The molecule has 0 aliphatic rings. The van der Waals surface area contributed by atoms with Gasteiger partial charge < -0.3 is 4.57 Å². The summed E-state index contributed by atoms with van der Waals surface area (Å²) >= 11 is 3.34. The van der Waals surface area contributed by atoms with Crippen LogP contribution < -0.4 is 0 Å². The Kier molecular flexibility index (Phi) is 11.9. The normalized spacial score (nSPS) is 13.5. The van der Waals surface area contributed by atoms with Crippen LogP contribution in [0.3, 0.4) is 0 Å². The Morgan fingerprint density at radius 2 is 0.957 bits per heavy atom. The SMILES string of the molecule is CC(C)N(CCSP(C)(=O)SCCN(C(C)C)C(C)C)C(C)C. The molecule has 0 rings (SSSR count). The average Bonchev–Trinajstić information content (AvgIpc) is 2.37.